The number of hydrogen-bond donors (Lipinski definition) is 4. The number of alkyl carbamates (subject to hydrolysis) is 1. The van der Waals surface area contributed by atoms with Crippen molar-refractivity contribution in [2.75, 3.05) is 6.54 Å². The Morgan fingerprint density at radius 2 is 1.60 bits per heavy atom. The molecular weight excluding hydrogens is 593 g/mol. The van der Waals surface area contributed by atoms with Crippen molar-refractivity contribution in [2.24, 2.45) is 17.8 Å². The predicted octanol–water partition coefficient (Wildman–Crippen LogP) is 2.13. The van der Waals surface area contributed by atoms with Gasteiger partial charge in [0.25, 0.3) is 0 Å². The van der Waals surface area contributed by atoms with Crippen LogP contribution in [0.5, 0.6) is 0 Å². The lowest BCUT2D eigenvalue weighted by atomic mass is 9.97. The summed E-state index contributed by atoms with van der Waals surface area (Å²) in [4.78, 5) is 61.9. The van der Waals surface area contributed by atoms with Gasteiger partial charge in [-0.15, -0.1) is 0 Å². The number of nitrogens with one attached hydrogen (secondary N) is 4. The molecule has 1 fully saturated rings. The van der Waals surface area contributed by atoms with Crippen LogP contribution in [0.1, 0.15) is 52.5 Å². The lowest BCUT2D eigenvalue weighted by Crippen LogP contribution is -2.56. The Kier molecular flexibility index (Phi) is 23.0. The second kappa shape index (κ2) is 21.7. The topological polar surface area (TPSA) is 143 Å². The maximum absolute atomic E-state index is 13.1. The third kappa shape index (κ3) is 14.6. The molecule has 14 heteroatoms. The highest BCUT2D eigenvalue weighted by Crippen LogP contribution is 2.16. The van der Waals surface area contributed by atoms with Crippen molar-refractivity contribution in [3.05, 3.63) is 35.9 Å². The van der Waals surface area contributed by atoms with Crippen LogP contribution in [-0.2, 0) is 30.5 Å². The zero-order chi connectivity index (χ0) is 26.7. The summed E-state index contributed by atoms with van der Waals surface area (Å²) in [6.07, 6.45) is 1.00. The molecule has 40 heavy (non-hydrogen) atoms. The van der Waals surface area contributed by atoms with Crippen LogP contribution >= 0.6 is 54.0 Å². The number of carbonyl (C=O) groups excluding carboxylic acids is 5. The number of aldehydes is 1. The molecule has 0 unspecified atom stereocenters. The average molecular weight is 639 g/mol. The molecule has 0 saturated carbocycles. The van der Waals surface area contributed by atoms with E-state index >= 15 is 0 Å². The highest BCUT2D eigenvalue weighted by Gasteiger charge is 2.32. The van der Waals surface area contributed by atoms with Crippen LogP contribution in [0, 0.1) is 17.8 Å². The Labute approximate surface area is 265 Å². The minimum absolute atomic E-state index is 0. The number of carbonyl (C=O) groups is 5. The van der Waals surface area contributed by atoms with Crippen LogP contribution in [-0.4, -0.2) is 54.8 Å². The Bertz CT molecular complexity index is 924. The summed E-state index contributed by atoms with van der Waals surface area (Å²) in [5, 5.41) is 10.7. The zero-order valence-corrected chi connectivity index (χ0v) is 27.4. The largest absolute Gasteiger partial charge is 0.445 e. The molecule has 0 aliphatic carbocycles. The smallest absolute Gasteiger partial charge is 0.408 e. The molecule has 2 rings (SSSR count). The third-order valence-electron chi connectivity index (χ3n) is 5.97. The first-order valence-electron chi connectivity index (χ1n) is 12.4. The van der Waals surface area contributed by atoms with Crippen molar-refractivity contribution in [3.8, 4) is 0 Å². The molecule has 1 aromatic carbocycles. The summed E-state index contributed by atoms with van der Waals surface area (Å²) in [6.45, 7) is 7.97. The van der Waals surface area contributed by atoms with E-state index in [0.717, 1.165) is 5.56 Å². The average Bonchev–Trinajstić information content (AvgIpc) is 3.24. The van der Waals surface area contributed by atoms with Gasteiger partial charge >= 0.3 is 6.09 Å². The van der Waals surface area contributed by atoms with Crippen molar-refractivity contribution in [1.29, 1.82) is 0 Å². The highest BCUT2D eigenvalue weighted by atomic mass is 32.1. The molecule has 1 heterocycles. The van der Waals surface area contributed by atoms with Crippen LogP contribution in [0.4, 0.5) is 4.79 Å². The fraction of sp³-hybridized carbons (Fsp3) is 0.577. The summed E-state index contributed by atoms with van der Waals surface area (Å²) < 4.78 is 5.23. The Morgan fingerprint density at radius 1 is 0.975 bits per heavy atom. The maximum Gasteiger partial charge on any atom is 0.408 e. The highest BCUT2D eigenvalue weighted by molar-refractivity contribution is 7.59. The van der Waals surface area contributed by atoms with Gasteiger partial charge in [-0.05, 0) is 36.7 Å². The number of benzene rings is 1. The first-order valence-corrected chi connectivity index (χ1v) is 12.4. The second-order valence-electron chi connectivity index (χ2n) is 9.88. The standard InChI is InChI=1S/C26H38N4O6.4H2S/c1-16(2)12-21(24(33)28-20(14-31)13-19-10-11-27-23(19)32)29-25(34)22(17(3)4)30-26(35)36-15-18-8-6-5-7-9-18;;;;/h5-9,14,16-17,19-22H,10-13,15H2,1-4H3,(H,27,32)(H,28,33)(H,29,34)(H,30,35);4*1H2/t19-,20-,21-,22-;;;;/m0..../s1. The summed E-state index contributed by atoms with van der Waals surface area (Å²) in [6, 6.07) is 6.47. The SMILES string of the molecule is CC(C)C[C@H](NC(=O)[C@@H](NC(=O)OCc1ccccc1)C(C)C)C(=O)N[C@H](C=O)C[C@@H]1CCNC1=O.S.S.S.S. The van der Waals surface area contributed by atoms with Crippen molar-refractivity contribution in [2.45, 2.75) is 71.7 Å². The van der Waals surface area contributed by atoms with E-state index in [1.54, 1.807) is 13.8 Å². The van der Waals surface area contributed by atoms with Crippen molar-refractivity contribution in [1.82, 2.24) is 21.3 Å². The van der Waals surface area contributed by atoms with Crippen LogP contribution in [0.25, 0.3) is 0 Å². The maximum atomic E-state index is 13.1. The van der Waals surface area contributed by atoms with Gasteiger partial charge in [0, 0.05) is 12.5 Å². The summed E-state index contributed by atoms with van der Waals surface area (Å²) >= 11 is 0. The van der Waals surface area contributed by atoms with Gasteiger partial charge in [0.1, 0.15) is 25.0 Å². The molecule has 4 amide bonds. The molecule has 0 bridgehead atoms. The molecule has 1 aliphatic heterocycles. The van der Waals surface area contributed by atoms with E-state index in [1.165, 1.54) is 0 Å². The number of hydrogen-bond acceptors (Lipinski definition) is 6. The van der Waals surface area contributed by atoms with Gasteiger partial charge in [0.15, 0.2) is 0 Å². The molecule has 230 valence electrons. The number of ether oxygens (including phenoxy) is 1. The molecule has 1 aliphatic rings. The van der Waals surface area contributed by atoms with E-state index in [0.29, 0.717) is 25.7 Å². The molecule has 1 aromatic rings. The first-order chi connectivity index (χ1) is 17.1. The summed E-state index contributed by atoms with van der Waals surface area (Å²) in [5.41, 5.74) is 0.812. The van der Waals surface area contributed by atoms with E-state index < -0.39 is 36.0 Å². The molecule has 4 atom stereocenters. The van der Waals surface area contributed by atoms with Gasteiger partial charge in [-0.3, -0.25) is 14.4 Å². The molecule has 1 saturated heterocycles. The molecule has 0 aromatic heterocycles. The molecule has 4 N–H and O–H groups in total. The molecule has 10 nitrogen and oxygen atoms in total. The molecular formula is C26H46N4O6S4. The van der Waals surface area contributed by atoms with Crippen LogP contribution in [0.15, 0.2) is 30.3 Å². The van der Waals surface area contributed by atoms with Crippen LogP contribution < -0.4 is 21.3 Å². The van der Waals surface area contributed by atoms with E-state index in [2.05, 4.69) is 21.3 Å². The number of amides is 4. The minimum atomic E-state index is -0.931. The van der Waals surface area contributed by atoms with Gasteiger partial charge in [0.2, 0.25) is 17.7 Å². The van der Waals surface area contributed by atoms with Crippen LogP contribution in [0.3, 0.4) is 0 Å². The zero-order valence-electron chi connectivity index (χ0n) is 23.4. The number of rotatable bonds is 13. The van der Waals surface area contributed by atoms with E-state index in [1.807, 2.05) is 44.2 Å². The van der Waals surface area contributed by atoms with E-state index in [9.17, 15) is 24.0 Å². The first kappa shape index (κ1) is 42.4. The van der Waals surface area contributed by atoms with Gasteiger partial charge < -0.3 is 30.8 Å². The normalized spacial score (nSPS) is 15.8. The fourth-order valence-corrected chi connectivity index (χ4v) is 4.00. The van der Waals surface area contributed by atoms with E-state index in [4.69, 9.17) is 4.74 Å². The second-order valence-corrected chi connectivity index (χ2v) is 9.88. The Morgan fingerprint density at radius 3 is 2.10 bits per heavy atom. The quantitative estimate of drug-likeness (QED) is 0.244. The van der Waals surface area contributed by atoms with Gasteiger partial charge in [0.05, 0.1) is 6.04 Å². The van der Waals surface area contributed by atoms with E-state index in [-0.39, 0.29) is 90.7 Å². The predicted molar refractivity (Wildman–Crippen MR) is 175 cm³/mol. The lowest BCUT2D eigenvalue weighted by molar-refractivity contribution is -0.132. The molecule has 0 radical (unpaired) electrons. The summed E-state index contributed by atoms with van der Waals surface area (Å²) in [7, 11) is 0. The Balaban J connectivity index is -0.00000342. The minimum Gasteiger partial charge on any atom is -0.445 e. The van der Waals surface area contributed by atoms with Gasteiger partial charge in [-0.25, -0.2) is 4.79 Å². The van der Waals surface area contributed by atoms with Crippen molar-refractivity contribution < 1.29 is 28.7 Å². The van der Waals surface area contributed by atoms with Crippen molar-refractivity contribution >= 4 is 84.1 Å². The van der Waals surface area contributed by atoms with Gasteiger partial charge in [-0.1, -0.05) is 58.0 Å². The lowest BCUT2D eigenvalue weighted by Gasteiger charge is -2.27. The van der Waals surface area contributed by atoms with Crippen molar-refractivity contribution in [3.63, 3.8) is 0 Å². The Hall–Kier alpha value is -2.03. The molecule has 0 spiro atoms. The van der Waals surface area contributed by atoms with Crippen LogP contribution in [0.2, 0.25) is 0 Å². The monoisotopic (exact) mass is 638 g/mol. The third-order valence-corrected chi connectivity index (χ3v) is 5.97. The van der Waals surface area contributed by atoms with Gasteiger partial charge in [-0.2, -0.15) is 54.0 Å². The fourth-order valence-electron chi connectivity index (χ4n) is 4.00. The summed E-state index contributed by atoms with van der Waals surface area (Å²) in [5.74, 6) is -1.72.